The molecule has 0 aliphatic carbocycles. The fraction of sp³-hybridized carbons (Fsp3) is 0.714. The van der Waals surface area contributed by atoms with Crippen molar-refractivity contribution in [1.29, 1.82) is 0 Å². The zero-order valence-electron chi connectivity index (χ0n) is 12.2. The van der Waals surface area contributed by atoms with Crippen molar-refractivity contribution in [2.24, 2.45) is 0 Å². The van der Waals surface area contributed by atoms with Crippen molar-refractivity contribution in [3.63, 3.8) is 0 Å². The first-order valence-electron chi connectivity index (χ1n) is 7.23. The van der Waals surface area contributed by atoms with Crippen molar-refractivity contribution < 1.29 is 14.3 Å². The van der Waals surface area contributed by atoms with E-state index in [9.17, 15) is 4.79 Å². The Hall–Kier alpha value is -1.40. The normalized spacial score (nSPS) is 22.1. The van der Waals surface area contributed by atoms with Crippen molar-refractivity contribution in [2.45, 2.75) is 45.4 Å². The third-order valence-electron chi connectivity index (χ3n) is 3.45. The van der Waals surface area contributed by atoms with Crippen LogP contribution in [0.1, 0.15) is 26.1 Å². The van der Waals surface area contributed by atoms with Crippen molar-refractivity contribution in [2.75, 3.05) is 19.8 Å². The van der Waals surface area contributed by atoms with Gasteiger partial charge in [0.15, 0.2) is 0 Å². The van der Waals surface area contributed by atoms with E-state index in [1.807, 2.05) is 17.7 Å². The Morgan fingerprint density at radius 3 is 3.15 bits per heavy atom. The fourth-order valence-electron chi connectivity index (χ4n) is 2.41. The standard InChI is InChI=1S/C14H23N3O3/c1-3-13-15-6-8-17(13)7-5-14(18)16-11-9-19-10-12(11)20-4-2/h6,8,11-12H,3-5,7,9-10H2,1-2H3,(H,16,18)/t11-,12-/m0/s1. The number of imidazole rings is 1. The van der Waals surface area contributed by atoms with Crippen LogP contribution in [-0.4, -0.2) is 47.4 Å². The number of nitrogens with zero attached hydrogens (tertiary/aromatic N) is 2. The molecule has 1 fully saturated rings. The second-order valence-electron chi connectivity index (χ2n) is 4.85. The van der Waals surface area contributed by atoms with Crippen LogP contribution in [0.3, 0.4) is 0 Å². The molecular formula is C14H23N3O3. The first-order chi connectivity index (χ1) is 9.74. The summed E-state index contributed by atoms with van der Waals surface area (Å²) >= 11 is 0. The highest BCUT2D eigenvalue weighted by molar-refractivity contribution is 5.76. The lowest BCUT2D eigenvalue weighted by atomic mass is 10.2. The van der Waals surface area contributed by atoms with Crippen LogP contribution in [0, 0.1) is 0 Å². The van der Waals surface area contributed by atoms with Crippen LogP contribution >= 0.6 is 0 Å². The molecule has 1 amide bonds. The Morgan fingerprint density at radius 2 is 2.40 bits per heavy atom. The second kappa shape index (κ2) is 7.40. The topological polar surface area (TPSA) is 65.4 Å². The highest BCUT2D eigenvalue weighted by Crippen LogP contribution is 2.10. The zero-order valence-corrected chi connectivity index (χ0v) is 12.2. The fourth-order valence-corrected chi connectivity index (χ4v) is 2.41. The lowest BCUT2D eigenvalue weighted by molar-refractivity contribution is -0.122. The van der Waals surface area contributed by atoms with E-state index in [4.69, 9.17) is 9.47 Å². The van der Waals surface area contributed by atoms with Crippen molar-refractivity contribution >= 4 is 5.91 Å². The van der Waals surface area contributed by atoms with Crippen molar-refractivity contribution in [3.05, 3.63) is 18.2 Å². The molecule has 0 unspecified atom stereocenters. The minimum atomic E-state index is -0.0316. The number of aromatic nitrogens is 2. The quantitative estimate of drug-likeness (QED) is 0.801. The lowest BCUT2D eigenvalue weighted by Gasteiger charge is -2.19. The molecule has 1 N–H and O–H groups in total. The van der Waals surface area contributed by atoms with Crippen LogP contribution in [-0.2, 0) is 27.2 Å². The van der Waals surface area contributed by atoms with Gasteiger partial charge in [0, 0.05) is 38.4 Å². The van der Waals surface area contributed by atoms with Crippen LogP contribution in [0.5, 0.6) is 0 Å². The van der Waals surface area contributed by atoms with E-state index in [1.165, 1.54) is 0 Å². The SMILES string of the molecule is CCO[C@H]1COC[C@@H]1NC(=O)CCn1ccnc1CC. The average molecular weight is 281 g/mol. The molecule has 1 aliphatic heterocycles. The van der Waals surface area contributed by atoms with Gasteiger partial charge in [0.2, 0.25) is 5.91 Å². The first-order valence-corrected chi connectivity index (χ1v) is 7.23. The Morgan fingerprint density at radius 1 is 1.55 bits per heavy atom. The molecular weight excluding hydrogens is 258 g/mol. The summed E-state index contributed by atoms with van der Waals surface area (Å²) in [5.74, 6) is 1.04. The number of hydrogen-bond donors (Lipinski definition) is 1. The van der Waals surface area contributed by atoms with Gasteiger partial charge in [-0.1, -0.05) is 6.92 Å². The van der Waals surface area contributed by atoms with Gasteiger partial charge < -0.3 is 19.4 Å². The molecule has 1 aromatic heterocycles. The highest BCUT2D eigenvalue weighted by atomic mass is 16.5. The number of hydrogen-bond acceptors (Lipinski definition) is 4. The van der Waals surface area contributed by atoms with Gasteiger partial charge in [-0.2, -0.15) is 0 Å². The van der Waals surface area contributed by atoms with Crippen LogP contribution in [0.25, 0.3) is 0 Å². The molecule has 0 aromatic carbocycles. The van der Waals surface area contributed by atoms with Gasteiger partial charge >= 0.3 is 0 Å². The molecule has 0 saturated carbocycles. The molecule has 6 nitrogen and oxygen atoms in total. The predicted molar refractivity (Wildman–Crippen MR) is 74.4 cm³/mol. The zero-order chi connectivity index (χ0) is 14.4. The Bertz CT molecular complexity index is 433. The summed E-state index contributed by atoms with van der Waals surface area (Å²) in [6.45, 7) is 6.38. The monoisotopic (exact) mass is 281 g/mol. The van der Waals surface area contributed by atoms with E-state index in [0.29, 0.717) is 32.8 Å². The number of carbonyl (C=O) groups is 1. The molecule has 2 atom stereocenters. The minimum absolute atomic E-state index is 0.0246. The van der Waals surface area contributed by atoms with Crippen LogP contribution in [0.15, 0.2) is 12.4 Å². The molecule has 2 rings (SSSR count). The summed E-state index contributed by atoms with van der Waals surface area (Å²) in [6.07, 6.45) is 4.97. The van der Waals surface area contributed by atoms with Gasteiger partial charge in [0.1, 0.15) is 11.9 Å². The Labute approximate surface area is 119 Å². The summed E-state index contributed by atoms with van der Waals surface area (Å²) in [7, 11) is 0. The third-order valence-corrected chi connectivity index (χ3v) is 3.45. The van der Waals surface area contributed by atoms with Gasteiger partial charge in [0.05, 0.1) is 19.3 Å². The van der Waals surface area contributed by atoms with E-state index in [1.54, 1.807) is 6.20 Å². The summed E-state index contributed by atoms with van der Waals surface area (Å²) in [4.78, 5) is 16.2. The van der Waals surface area contributed by atoms with E-state index in [2.05, 4.69) is 17.2 Å². The van der Waals surface area contributed by atoms with Gasteiger partial charge in [-0.3, -0.25) is 4.79 Å². The molecule has 0 bridgehead atoms. The number of nitrogens with one attached hydrogen (secondary N) is 1. The van der Waals surface area contributed by atoms with E-state index < -0.39 is 0 Å². The molecule has 0 spiro atoms. The Balaban J connectivity index is 1.78. The number of carbonyl (C=O) groups excluding carboxylic acids is 1. The molecule has 2 heterocycles. The van der Waals surface area contributed by atoms with E-state index >= 15 is 0 Å². The number of ether oxygens (including phenoxy) is 2. The summed E-state index contributed by atoms with van der Waals surface area (Å²) < 4.78 is 12.9. The van der Waals surface area contributed by atoms with Crippen LogP contribution < -0.4 is 5.32 Å². The molecule has 1 saturated heterocycles. The second-order valence-corrected chi connectivity index (χ2v) is 4.85. The molecule has 0 radical (unpaired) electrons. The maximum atomic E-state index is 12.0. The smallest absolute Gasteiger partial charge is 0.222 e. The number of rotatable bonds is 7. The number of aryl methyl sites for hydroxylation is 2. The molecule has 6 heteroatoms. The maximum Gasteiger partial charge on any atom is 0.222 e. The predicted octanol–water partition coefficient (Wildman–Crippen LogP) is 0.756. The molecule has 1 aromatic rings. The summed E-state index contributed by atoms with van der Waals surface area (Å²) in [6, 6.07) is -0.0316. The molecule has 20 heavy (non-hydrogen) atoms. The Kier molecular flexibility index (Phi) is 5.55. The summed E-state index contributed by atoms with van der Waals surface area (Å²) in [5.41, 5.74) is 0. The molecule has 112 valence electrons. The third kappa shape index (κ3) is 3.80. The number of amides is 1. The molecule has 1 aliphatic rings. The van der Waals surface area contributed by atoms with Gasteiger partial charge in [-0.25, -0.2) is 4.98 Å². The largest absolute Gasteiger partial charge is 0.376 e. The summed E-state index contributed by atoms with van der Waals surface area (Å²) in [5, 5.41) is 2.99. The van der Waals surface area contributed by atoms with Gasteiger partial charge in [0.25, 0.3) is 0 Å². The van der Waals surface area contributed by atoms with Crippen molar-refractivity contribution in [3.8, 4) is 0 Å². The van der Waals surface area contributed by atoms with Crippen LogP contribution in [0.2, 0.25) is 0 Å². The average Bonchev–Trinajstić information content (AvgIpc) is 3.06. The van der Waals surface area contributed by atoms with E-state index in [-0.39, 0.29) is 18.1 Å². The van der Waals surface area contributed by atoms with Crippen molar-refractivity contribution in [1.82, 2.24) is 14.9 Å². The highest BCUT2D eigenvalue weighted by Gasteiger charge is 2.29. The first kappa shape index (κ1) is 15.0. The van der Waals surface area contributed by atoms with Crippen LogP contribution in [0.4, 0.5) is 0 Å². The van der Waals surface area contributed by atoms with Gasteiger partial charge in [-0.15, -0.1) is 0 Å². The maximum absolute atomic E-state index is 12.0. The lowest BCUT2D eigenvalue weighted by Crippen LogP contribution is -2.44. The minimum Gasteiger partial charge on any atom is -0.376 e. The van der Waals surface area contributed by atoms with E-state index in [0.717, 1.165) is 12.2 Å². The van der Waals surface area contributed by atoms with Gasteiger partial charge in [-0.05, 0) is 6.92 Å².